The molecule has 0 unspecified atom stereocenters. The monoisotopic (exact) mass is 554 g/mol. The highest BCUT2D eigenvalue weighted by Crippen LogP contribution is 2.25. The maximum absolute atomic E-state index is 10.4. The lowest BCUT2D eigenvalue weighted by molar-refractivity contribution is -0.646. The van der Waals surface area contributed by atoms with E-state index in [-0.39, 0.29) is 4.90 Å². The van der Waals surface area contributed by atoms with Gasteiger partial charge in [-0.25, -0.2) is 13.4 Å². The Kier molecular flexibility index (Phi) is 8.52. The number of aryl methyl sites for hydroxylation is 4. The summed E-state index contributed by atoms with van der Waals surface area (Å²) in [6.45, 7) is 8.21. The van der Waals surface area contributed by atoms with Gasteiger partial charge in [0.2, 0.25) is 11.2 Å². The van der Waals surface area contributed by atoms with Gasteiger partial charge in [-0.1, -0.05) is 35.9 Å². The van der Waals surface area contributed by atoms with E-state index < -0.39 is 10.1 Å². The molecule has 40 heavy (non-hydrogen) atoms. The normalized spacial score (nSPS) is 11.5. The Bertz CT molecular complexity index is 1800. The predicted octanol–water partition coefficient (Wildman–Crippen LogP) is 5.89. The number of para-hydroxylation sites is 1. The van der Waals surface area contributed by atoms with Gasteiger partial charge >= 0.3 is 0 Å². The van der Waals surface area contributed by atoms with Crippen molar-refractivity contribution in [1.29, 1.82) is 0 Å². The number of hydrogen-bond donors (Lipinski definition) is 1. The molecule has 8 heteroatoms. The van der Waals surface area contributed by atoms with E-state index in [1.807, 2.05) is 26.2 Å². The van der Waals surface area contributed by atoms with E-state index in [1.54, 1.807) is 12.1 Å². The highest BCUT2D eigenvalue weighted by Gasteiger charge is 2.16. The molecule has 1 N–H and O–H groups in total. The summed E-state index contributed by atoms with van der Waals surface area (Å²) >= 11 is 0. The molecule has 0 aliphatic rings. The van der Waals surface area contributed by atoms with Gasteiger partial charge in [-0.3, -0.25) is 0 Å². The van der Waals surface area contributed by atoms with Crippen LogP contribution in [0.2, 0.25) is 0 Å². The summed E-state index contributed by atoms with van der Waals surface area (Å²) in [5.41, 5.74) is 9.13. The molecular formula is C32H34N4O3S. The fourth-order valence-electron chi connectivity index (χ4n) is 4.72. The van der Waals surface area contributed by atoms with E-state index in [9.17, 15) is 13.0 Å². The second kappa shape index (κ2) is 11.9. The minimum atomic E-state index is -4.27. The lowest BCUT2D eigenvalue weighted by Crippen LogP contribution is -2.33. The third kappa shape index (κ3) is 6.14. The van der Waals surface area contributed by atoms with Crippen molar-refractivity contribution < 1.29 is 17.5 Å². The standard InChI is InChI=1S/C25H27N4.C7H8O3S/c1-17-9-8-14-27-25(17)29-18(2)15-20(19(29)3)12-13-24-22(26-4)16-21-10-6-7-11-23(21)28(24)5;1-6-2-4-7(5-3-6)11(8,9)10/h6-16,26H,1-5H3;2-5H,1H3,(H,8,9,10)/q+1;/p-1. The maximum atomic E-state index is 10.4. The van der Waals surface area contributed by atoms with E-state index in [2.05, 4.69) is 102 Å². The third-order valence-electron chi connectivity index (χ3n) is 6.90. The zero-order valence-electron chi connectivity index (χ0n) is 23.6. The van der Waals surface area contributed by atoms with Crippen molar-refractivity contribution >= 4 is 38.9 Å². The van der Waals surface area contributed by atoms with Crippen molar-refractivity contribution in [3.63, 3.8) is 0 Å². The maximum Gasteiger partial charge on any atom is 0.228 e. The summed E-state index contributed by atoms with van der Waals surface area (Å²) in [7, 11) is -0.186. The minimum Gasteiger partial charge on any atom is -0.744 e. The third-order valence-corrected chi connectivity index (χ3v) is 7.75. The number of nitrogens with one attached hydrogen (secondary N) is 1. The molecule has 0 fully saturated rings. The molecule has 5 aromatic rings. The van der Waals surface area contributed by atoms with Gasteiger partial charge in [-0.2, -0.15) is 4.57 Å². The molecular weight excluding hydrogens is 520 g/mol. The Morgan fingerprint density at radius 1 is 0.925 bits per heavy atom. The Labute approximate surface area is 236 Å². The zero-order chi connectivity index (χ0) is 29.0. The van der Waals surface area contributed by atoms with E-state index in [0.717, 1.165) is 22.8 Å². The van der Waals surface area contributed by atoms with Crippen LogP contribution in [0.1, 0.15) is 33.8 Å². The Hall–Kier alpha value is -4.27. The molecule has 3 aromatic heterocycles. The number of nitrogens with zero attached hydrogens (tertiary/aromatic N) is 3. The topological polar surface area (TPSA) is 90.9 Å². The van der Waals surface area contributed by atoms with Crippen LogP contribution in [0.15, 0.2) is 83.9 Å². The van der Waals surface area contributed by atoms with Crippen LogP contribution in [-0.4, -0.2) is 29.6 Å². The van der Waals surface area contributed by atoms with Crippen LogP contribution >= 0.6 is 0 Å². The highest BCUT2D eigenvalue weighted by molar-refractivity contribution is 7.85. The fraction of sp³-hybridized carbons (Fsp3) is 0.188. The Balaban J connectivity index is 0.000000283. The molecule has 0 radical (unpaired) electrons. The number of anilines is 1. The summed E-state index contributed by atoms with van der Waals surface area (Å²) in [5, 5.41) is 4.56. The number of benzene rings is 2. The minimum absolute atomic E-state index is 0.178. The molecule has 0 amide bonds. The smallest absolute Gasteiger partial charge is 0.228 e. The molecule has 2 aromatic carbocycles. The number of hydrogen-bond acceptors (Lipinski definition) is 5. The molecule has 206 valence electrons. The summed E-state index contributed by atoms with van der Waals surface area (Å²) < 4.78 is 35.6. The van der Waals surface area contributed by atoms with Crippen LogP contribution in [0.3, 0.4) is 0 Å². The molecule has 0 aliphatic heterocycles. The average Bonchev–Trinajstić information content (AvgIpc) is 3.20. The molecule has 0 bridgehead atoms. The van der Waals surface area contributed by atoms with Gasteiger partial charge < -0.3 is 14.4 Å². The van der Waals surface area contributed by atoms with Crippen LogP contribution in [0.25, 0.3) is 28.9 Å². The second-order valence-corrected chi connectivity index (χ2v) is 11.1. The van der Waals surface area contributed by atoms with E-state index in [1.165, 1.54) is 45.6 Å². The Morgan fingerprint density at radius 2 is 1.62 bits per heavy atom. The van der Waals surface area contributed by atoms with Crippen LogP contribution in [0.5, 0.6) is 0 Å². The number of aromatic nitrogens is 3. The van der Waals surface area contributed by atoms with Crippen molar-refractivity contribution in [3.05, 3.63) is 113 Å². The van der Waals surface area contributed by atoms with Crippen molar-refractivity contribution in [2.45, 2.75) is 32.6 Å². The highest BCUT2D eigenvalue weighted by atomic mass is 32.2. The SMILES string of the molecule is CNc1cc2ccccc2[n+](C)c1C=Cc1cc(C)n(-c2ncccc2C)c1C.Cc1ccc(S(=O)(=O)[O-])cc1. The first-order valence-electron chi connectivity index (χ1n) is 12.9. The fourth-order valence-corrected chi connectivity index (χ4v) is 5.19. The second-order valence-electron chi connectivity index (χ2n) is 9.72. The lowest BCUT2D eigenvalue weighted by Gasteiger charge is -2.11. The van der Waals surface area contributed by atoms with Gasteiger partial charge in [-0.15, -0.1) is 0 Å². The molecule has 7 nitrogen and oxygen atoms in total. The predicted molar refractivity (Wildman–Crippen MR) is 161 cm³/mol. The molecule has 5 rings (SSSR count). The molecule has 0 saturated carbocycles. The molecule has 0 aliphatic carbocycles. The van der Waals surface area contributed by atoms with Crippen LogP contribution in [0.4, 0.5) is 5.69 Å². The van der Waals surface area contributed by atoms with Crippen LogP contribution in [0, 0.1) is 27.7 Å². The van der Waals surface area contributed by atoms with Crippen molar-refractivity contribution in [2.75, 3.05) is 12.4 Å². The van der Waals surface area contributed by atoms with E-state index in [4.69, 9.17) is 0 Å². The van der Waals surface area contributed by atoms with Gasteiger partial charge in [0.1, 0.15) is 28.7 Å². The van der Waals surface area contributed by atoms with Crippen LogP contribution < -0.4 is 9.88 Å². The summed E-state index contributed by atoms with van der Waals surface area (Å²) in [5.74, 6) is 0.995. The van der Waals surface area contributed by atoms with Gasteiger partial charge in [-0.05, 0) is 81.3 Å². The lowest BCUT2D eigenvalue weighted by atomic mass is 10.1. The summed E-state index contributed by atoms with van der Waals surface area (Å²) in [6, 6.07) is 22.7. The number of fused-ring (bicyclic) bond motifs is 1. The summed E-state index contributed by atoms with van der Waals surface area (Å²) in [4.78, 5) is 4.42. The molecule has 0 saturated heterocycles. The van der Waals surface area contributed by atoms with Crippen LogP contribution in [-0.2, 0) is 17.2 Å². The van der Waals surface area contributed by atoms with Gasteiger partial charge in [0.15, 0.2) is 0 Å². The van der Waals surface area contributed by atoms with E-state index >= 15 is 0 Å². The Morgan fingerprint density at radius 3 is 2.27 bits per heavy atom. The average molecular weight is 555 g/mol. The zero-order valence-corrected chi connectivity index (χ0v) is 24.5. The molecule has 3 heterocycles. The molecule has 0 spiro atoms. The quantitative estimate of drug-likeness (QED) is 0.216. The summed E-state index contributed by atoms with van der Waals surface area (Å²) in [6.07, 6.45) is 6.24. The first kappa shape index (κ1) is 28.7. The number of pyridine rings is 2. The van der Waals surface area contributed by atoms with Gasteiger partial charge in [0.05, 0.1) is 4.90 Å². The largest absolute Gasteiger partial charge is 0.744 e. The van der Waals surface area contributed by atoms with Crippen molar-refractivity contribution in [1.82, 2.24) is 9.55 Å². The molecule has 0 atom stereocenters. The van der Waals surface area contributed by atoms with E-state index in [0.29, 0.717) is 0 Å². The van der Waals surface area contributed by atoms with Crippen molar-refractivity contribution in [3.8, 4) is 5.82 Å². The van der Waals surface area contributed by atoms with Gasteiger partial charge in [0.25, 0.3) is 0 Å². The first-order chi connectivity index (χ1) is 19.0. The van der Waals surface area contributed by atoms with Crippen molar-refractivity contribution in [2.24, 2.45) is 7.05 Å². The van der Waals surface area contributed by atoms with Gasteiger partial charge in [0, 0.05) is 42.2 Å². The number of rotatable bonds is 5. The first-order valence-corrected chi connectivity index (χ1v) is 14.3.